The number of piperazine rings is 1. The fourth-order valence-corrected chi connectivity index (χ4v) is 4.30. The van der Waals surface area contributed by atoms with E-state index in [0.717, 1.165) is 0 Å². The molecule has 1 heterocycles. The summed E-state index contributed by atoms with van der Waals surface area (Å²) in [5, 5.41) is 5.99. The van der Waals surface area contributed by atoms with Crippen LogP contribution in [0.4, 0.5) is 5.69 Å². The molecule has 1 saturated heterocycles. The topological polar surface area (TPSA) is 78.5 Å². The van der Waals surface area contributed by atoms with E-state index in [1.165, 1.54) is 16.4 Å². The first-order valence-corrected chi connectivity index (χ1v) is 9.61. The standard InChI is InChI=1S/C18H21N3O3S/c1-14-13-21(12-11-19-14)25(23,24)17-9-7-16(8-10-17)20-18(22)15-5-3-2-4-6-15/h2-10,14,19H,11-13H2,1H3,(H,20,22)/t14-/m0/s1. The Hall–Kier alpha value is -2.22. The molecule has 0 aromatic heterocycles. The number of sulfonamides is 1. The minimum Gasteiger partial charge on any atom is -0.322 e. The van der Waals surface area contributed by atoms with Crippen LogP contribution in [0.2, 0.25) is 0 Å². The van der Waals surface area contributed by atoms with Gasteiger partial charge in [0.25, 0.3) is 5.91 Å². The lowest BCUT2D eigenvalue weighted by Gasteiger charge is -2.31. The van der Waals surface area contributed by atoms with E-state index in [4.69, 9.17) is 0 Å². The lowest BCUT2D eigenvalue weighted by Crippen LogP contribution is -2.51. The number of hydrogen-bond donors (Lipinski definition) is 2. The van der Waals surface area contributed by atoms with Crippen LogP contribution in [0.25, 0.3) is 0 Å². The summed E-state index contributed by atoms with van der Waals surface area (Å²) in [4.78, 5) is 12.4. The largest absolute Gasteiger partial charge is 0.322 e. The van der Waals surface area contributed by atoms with E-state index in [0.29, 0.717) is 30.9 Å². The molecule has 0 aliphatic carbocycles. The normalized spacial score (nSPS) is 18.7. The number of carbonyl (C=O) groups is 1. The molecule has 2 aromatic rings. The lowest BCUT2D eigenvalue weighted by molar-refractivity contribution is 0.102. The number of nitrogens with one attached hydrogen (secondary N) is 2. The highest BCUT2D eigenvalue weighted by Gasteiger charge is 2.28. The highest BCUT2D eigenvalue weighted by molar-refractivity contribution is 7.89. The number of benzene rings is 2. The van der Waals surface area contributed by atoms with Gasteiger partial charge in [-0.15, -0.1) is 0 Å². The summed E-state index contributed by atoms with van der Waals surface area (Å²) < 4.78 is 26.9. The van der Waals surface area contributed by atoms with E-state index in [1.807, 2.05) is 13.0 Å². The van der Waals surface area contributed by atoms with Gasteiger partial charge in [-0.25, -0.2) is 8.42 Å². The average Bonchev–Trinajstić information content (AvgIpc) is 2.63. The monoisotopic (exact) mass is 359 g/mol. The second-order valence-corrected chi connectivity index (χ2v) is 8.00. The molecule has 7 heteroatoms. The van der Waals surface area contributed by atoms with Crippen LogP contribution in [0.15, 0.2) is 59.5 Å². The minimum absolute atomic E-state index is 0.132. The van der Waals surface area contributed by atoms with E-state index < -0.39 is 10.0 Å². The van der Waals surface area contributed by atoms with Gasteiger partial charge >= 0.3 is 0 Å². The van der Waals surface area contributed by atoms with E-state index >= 15 is 0 Å². The number of anilines is 1. The van der Waals surface area contributed by atoms with Crippen LogP contribution in [0.3, 0.4) is 0 Å². The van der Waals surface area contributed by atoms with Gasteiger partial charge in [0.05, 0.1) is 4.90 Å². The maximum atomic E-state index is 12.7. The number of nitrogens with zero attached hydrogens (tertiary/aromatic N) is 1. The highest BCUT2D eigenvalue weighted by Crippen LogP contribution is 2.20. The Morgan fingerprint density at radius 2 is 1.80 bits per heavy atom. The lowest BCUT2D eigenvalue weighted by atomic mass is 10.2. The van der Waals surface area contributed by atoms with Crippen molar-refractivity contribution >= 4 is 21.6 Å². The fraction of sp³-hybridized carbons (Fsp3) is 0.278. The van der Waals surface area contributed by atoms with Gasteiger partial charge in [0.1, 0.15) is 0 Å². The maximum absolute atomic E-state index is 12.7. The molecule has 2 N–H and O–H groups in total. The number of amides is 1. The first-order valence-electron chi connectivity index (χ1n) is 8.17. The molecular weight excluding hydrogens is 338 g/mol. The van der Waals surface area contributed by atoms with Crippen LogP contribution in [0.5, 0.6) is 0 Å². The van der Waals surface area contributed by atoms with Crippen molar-refractivity contribution in [2.24, 2.45) is 0 Å². The predicted octanol–water partition coefficient (Wildman–Crippen LogP) is 1.92. The molecule has 0 bridgehead atoms. The Morgan fingerprint density at radius 1 is 1.12 bits per heavy atom. The average molecular weight is 359 g/mol. The minimum atomic E-state index is -3.51. The van der Waals surface area contributed by atoms with Crippen molar-refractivity contribution in [2.45, 2.75) is 17.9 Å². The summed E-state index contributed by atoms with van der Waals surface area (Å²) in [7, 11) is -3.51. The van der Waals surface area contributed by atoms with Crippen molar-refractivity contribution in [2.75, 3.05) is 25.0 Å². The van der Waals surface area contributed by atoms with Gasteiger partial charge in [0, 0.05) is 36.9 Å². The molecule has 2 aromatic carbocycles. The number of hydrogen-bond acceptors (Lipinski definition) is 4. The molecule has 1 fully saturated rings. The summed E-state index contributed by atoms with van der Waals surface area (Å²) in [5.74, 6) is -0.230. The molecule has 0 saturated carbocycles. The molecule has 0 unspecified atom stereocenters. The molecule has 25 heavy (non-hydrogen) atoms. The second-order valence-electron chi connectivity index (χ2n) is 6.06. The van der Waals surface area contributed by atoms with E-state index in [1.54, 1.807) is 36.4 Å². The molecule has 132 valence electrons. The van der Waals surface area contributed by atoms with Gasteiger partial charge in [-0.2, -0.15) is 4.31 Å². The van der Waals surface area contributed by atoms with Crippen LogP contribution in [-0.4, -0.2) is 44.3 Å². The Kier molecular flexibility index (Phi) is 5.17. The molecule has 0 radical (unpaired) electrons. The Morgan fingerprint density at radius 3 is 2.44 bits per heavy atom. The highest BCUT2D eigenvalue weighted by atomic mass is 32.2. The molecule has 1 amide bonds. The van der Waals surface area contributed by atoms with Gasteiger partial charge in [-0.05, 0) is 43.3 Å². The Balaban J connectivity index is 1.72. The van der Waals surface area contributed by atoms with Gasteiger partial charge < -0.3 is 10.6 Å². The molecule has 1 aliphatic heterocycles. The molecule has 3 rings (SSSR count). The van der Waals surface area contributed by atoms with Gasteiger partial charge in [0.2, 0.25) is 10.0 Å². The van der Waals surface area contributed by atoms with Crippen molar-refractivity contribution in [3.63, 3.8) is 0 Å². The third kappa shape index (κ3) is 4.07. The Bertz CT molecular complexity index is 836. The quantitative estimate of drug-likeness (QED) is 0.874. The van der Waals surface area contributed by atoms with Gasteiger partial charge in [-0.1, -0.05) is 18.2 Å². The van der Waals surface area contributed by atoms with Crippen molar-refractivity contribution in [1.29, 1.82) is 0 Å². The van der Waals surface area contributed by atoms with E-state index in [-0.39, 0.29) is 16.8 Å². The zero-order chi connectivity index (χ0) is 17.9. The van der Waals surface area contributed by atoms with E-state index in [9.17, 15) is 13.2 Å². The van der Waals surface area contributed by atoms with Crippen molar-refractivity contribution in [3.8, 4) is 0 Å². The molecule has 6 nitrogen and oxygen atoms in total. The van der Waals surface area contributed by atoms with Crippen molar-refractivity contribution in [1.82, 2.24) is 9.62 Å². The zero-order valence-corrected chi connectivity index (χ0v) is 14.8. The van der Waals surface area contributed by atoms with Crippen molar-refractivity contribution < 1.29 is 13.2 Å². The summed E-state index contributed by atoms with van der Waals surface area (Å²) >= 11 is 0. The maximum Gasteiger partial charge on any atom is 0.255 e. The molecule has 1 atom stereocenters. The van der Waals surface area contributed by atoms with Crippen LogP contribution >= 0.6 is 0 Å². The van der Waals surface area contributed by atoms with Crippen LogP contribution in [0.1, 0.15) is 17.3 Å². The van der Waals surface area contributed by atoms with Crippen LogP contribution < -0.4 is 10.6 Å². The summed E-state index contributed by atoms with van der Waals surface area (Å²) in [5.41, 5.74) is 1.11. The van der Waals surface area contributed by atoms with Gasteiger partial charge in [-0.3, -0.25) is 4.79 Å². The van der Waals surface area contributed by atoms with Gasteiger partial charge in [0.15, 0.2) is 0 Å². The molecule has 1 aliphatic rings. The zero-order valence-electron chi connectivity index (χ0n) is 14.0. The van der Waals surface area contributed by atoms with Crippen LogP contribution in [0, 0.1) is 0 Å². The van der Waals surface area contributed by atoms with Crippen molar-refractivity contribution in [3.05, 3.63) is 60.2 Å². The SMILES string of the molecule is C[C@H]1CN(S(=O)(=O)c2ccc(NC(=O)c3ccccc3)cc2)CCN1. The number of rotatable bonds is 4. The second kappa shape index (κ2) is 7.35. The molecular formula is C18H21N3O3S. The summed E-state index contributed by atoms with van der Waals surface area (Å²) in [6.45, 7) is 3.52. The smallest absolute Gasteiger partial charge is 0.255 e. The third-order valence-electron chi connectivity index (χ3n) is 4.12. The Labute approximate surface area is 147 Å². The first kappa shape index (κ1) is 17.6. The fourth-order valence-electron chi connectivity index (χ4n) is 2.77. The predicted molar refractivity (Wildman–Crippen MR) is 97.1 cm³/mol. The van der Waals surface area contributed by atoms with E-state index in [2.05, 4.69) is 10.6 Å². The van der Waals surface area contributed by atoms with Crippen LogP contribution in [-0.2, 0) is 10.0 Å². The summed E-state index contributed by atoms with van der Waals surface area (Å²) in [6.07, 6.45) is 0. The number of carbonyl (C=O) groups excluding carboxylic acids is 1. The first-order chi connectivity index (χ1) is 12.0. The summed E-state index contributed by atoms with van der Waals surface area (Å²) in [6, 6.07) is 15.3. The molecule has 0 spiro atoms. The third-order valence-corrected chi connectivity index (χ3v) is 6.00.